The van der Waals surface area contributed by atoms with Gasteiger partial charge >= 0.3 is 0 Å². The van der Waals surface area contributed by atoms with E-state index in [4.69, 9.17) is 0 Å². The van der Waals surface area contributed by atoms with E-state index < -0.39 is 0 Å². The van der Waals surface area contributed by atoms with Crippen molar-refractivity contribution < 1.29 is 9.18 Å². The second-order valence-electron chi connectivity index (χ2n) is 5.09. The molecule has 1 heterocycles. The molecular formula is C17H15FN2O. The Morgan fingerprint density at radius 1 is 1.19 bits per heavy atom. The number of rotatable bonds is 3. The van der Waals surface area contributed by atoms with Crippen LogP contribution >= 0.6 is 0 Å². The predicted octanol–water partition coefficient (Wildman–Crippen LogP) is 3.80. The molecule has 0 unspecified atom stereocenters. The Balaban J connectivity index is 1.75. The molecule has 1 amide bonds. The Morgan fingerprint density at radius 2 is 1.95 bits per heavy atom. The van der Waals surface area contributed by atoms with Crippen molar-refractivity contribution in [3.63, 3.8) is 0 Å². The summed E-state index contributed by atoms with van der Waals surface area (Å²) < 4.78 is 13.1. The van der Waals surface area contributed by atoms with E-state index in [1.54, 1.807) is 12.3 Å². The van der Waals surface area contributed by atoms with Crippen molar-refractivity contribution in [2.45, 2.75) is 13.3 Å². The molecule has 3 aromatic rings. The minimum Gasteiger partial charge on any atom is -0.361 e. The van der Waals surface area contributed by atoms with E-state index in [1.807, 2.05) is 31.2 Å². The van der Waals surface area contributed by atoms with Gasteiger partial charge in [-0.15, -0.1) is 0 Å². The molecule has 0 atom stereocenters. The molecule has 0 saturated carbocycles. The van der Waals surface area contributed by atoms with E-state index >= 15 is 0 Å². The molecule has 0 aliphatic rings. The first-order chi connectivity index (χ1) is 10.1. The Bertz CT molecular complexity index is 790. The summed E-state index contributed by atoms with van der Waals surface area (Å²) in [5.41, 5.74) is 3.48. The summed E-state index contributed by atoms with van der Waals surface area (Å²) in [4.78, 5) is 15.1. The van der Waals surface area contributed by atoms with Crippen molar-refractivity contribution in [1.29, 1.82) is 0 Å². The van der Waals surface area contributed by atoms with E-state index in [0.29, 0.717) is 5.52 Å². The monoisotopic (exact) mass is 282 g/mol. The van der Waals surface area contributed by atoms with Crippen molar-refractivity contribution in [3.8, 4) is 0 Å². The molecule has 2 aromatic carbocycles. The van der Waals surface area contributed by atoms with Crippen LogP contribution in [0.1, 0.15) is 11.1 Å². The molecule has 0 spiro atoms. The van der Waals surface area contributed by atoms with Crippen molar-refractivity contribution in [3.05, 3.63) is 65.6 Å². The average Bonchev–Trinajstić information content (AvgIpc) is 2.83. The lowest BCUT2D eigenvalue weighted by Crippen LogP contribution is -2.14. The fraction of sp³-hybridized carbons (Fsp3) is 0.118. The van der Waals surface area contributed by atoms with Gasteiger partial charge in [0.1, 0.15) is 5.82 Å². The van der Waals surface area contributed by atoms with Crippen LogP contribution in [-0.2, 0) is 11.2 Å². The van der Waals surface area contributed by atoms with Gasteiger partial charge in [0.05, 0.1) is 6.42 Å². The van der Waals surface area contributed by atoms with Gasteiger partial charge in [0.15, 0.2) is 0 Å². The van der Waals surface area contributed by atoms with Crippen LogP contribution in [0.15, 0.2) is 48.7 Å². The number of anilines is 1. The topological polar surface area (TPSA) is 44.9 Å². The highest BCUT2D eigenvalue weighted by molar-refractivity contribution is 5.95. The zero-order valence-corrected chi connectivity index (χ0v) is 11.6. The van der Waals surface area contributed by atoms with Crippen molar-refractivity contribution in [1.82, 2.24) is 4.98 Å². The highest BCUT2D eigenvalue weighted by Crippen LogP contribution is 2.20. The number of benzene rings is 2. The van der Waals surface area contributed by atoms with E-state index in [-0.39, 0.29) is 18.1 Å². The lowest BCUT2D eigenvalue weighted by molar-refractivity contribution is -0.115. The Labute approximate surface area is 121 Å². The molecule has 1 aromatic heterocycles. The van der Waals surface area contributed by atoms with Crippen LogP contribution in [0.25, 0.3) is 10.9 Å². The third-order valence-electron chi connectivity index (χ3n) is 3.42. The fourth-order valence-electron chi connectivity index (χ4n) is 2.32. The van der Waals surface area contributed by atoms with Crippen molar-refractivity contribution >= 4 is 22.5 Å². The summed E-state index contributed by atoms with van der Waals surface area (Å²) in [6, 6.07) is 12.2. The van der Waals surface area contributed by atoms with Crippen molar-refractivity contribution in [2.75, 3.05) is 5.32 Å². The van der Waals surface area contributed by atoms with Gasteiger partial charge in [-0.05, 0) is 42.8 Å². The smallest absolute Gasteiger partial charge is 0.228 e. The van der Waals surface area contributed by atoms with Gasteiger partial charge in [-0.3, -0.25) is 4.79 Å². The van der Waals surface area contributed by atoms with Gasteiger partial charge in [0.25, 0.3) is 0 Å². The quantitative estimate of drug-likeness (QED) is 0.754. The standard InChI is InChI=1S/C17H15FN2O/c1-11-2-5-14(6-3-11)20-17(21)8-12-10-19-16-9-13(18)4-7-15(12)16/h2-7,9-10,19H,8H2,1H3,(H,20,21). The first-order valence-corrected chi connectivity index (χ1v) is 6.74. The van der Waals surface area contributed by atoms with Gasteiger partial charge in [-0.2, -0.15) is 0 Å². The number of carbonyl (C=O) groups excluding carboxylic acids is 1. The molecule has 0 radical (unpaired) electrons. The number of halogens is 1. The van der Waals surface area contributed by atoms with E-state index in [9.17, 15) is 9.18 Å². The highest BCUT2D eigenvalue weighted by atomic mass is 19.1. The summed E-state index contributed by atoms with van der Waals surface area (Å²) in [5.74, 6) is -0.385. The fourth-order valence-corrected chi connectivity index (χ4v) is 2.32. The van der Waals surface area contributed by atoms with Crippen LogP contribution in [0.2, 0.25) is 0 Å². The summed E-state index contributed by atoms with van der Waals surface area (Å²) in [6.07, 6.45) is 2.00. The van der Waals surface area contributed by atoms with Gasteiger partial charge in [0.2, 0.25) is 5.91 Å². The Kier molecular flexibility index (Phi) is 3.44. The molecule has 21 heavy (non-hydrogen) atoms. The molecule has 3 rings (SSSR count). The number of carbonyl (C=O) groups is 1. The predicted molar refractivity (Wildman–Crippen MR) is 81.8 cm³/mol. The minimum atomic E-state index is -0.292. The zero-order valence-electron chi connectivity index (χ0n) is 11.6. The van der Waals surface area contributed by atoms with E-state index in [1.165, 1.54) is 12.1 Å². The minimum absolute atomic E-state index is 0.0934. The molecule has 0 aliphatic heterocycles. The highest BCUT2D eigenvalue weighted by Gasteiger charge is 2.09. The number of H-pyrrole nitrogens is 1. The lowest BCUT2D eigenvalue weighted by Gasteiger charge is -2.05. The third kappa shape index (κ3) is 2.94. The molecule has 0 bridgehead atoms. The number of nitrogens with one attached hydrogen (secondary N) is 2. The average molecular weight is 282 g/mol. The maximum atomic E-state index is 13.1. The van der Waals surface area contributed by atoms with Crippen LogP contribution < -0.4 is 5.32 Å². The molecular weight excluding hydrogens is 267 g/mol. The number of aryl methyl sites for hydroxylation is 1. The van der Waals surface area contributed by atoms with Crippen LogP contribution in [-0.4, -0.2) is 10.9 Å². The number of aromatic nitrogens is 1. The number of fused-ring (bicyclic) bond motifs is 1. The SMILES string of the molecule is Cc1ccc(NC(=O)Cc2c[nH]c3cc(F)ccc23)cc1. The van der Waals surface area contributed by atoms with Gasteiger partial charge < -0.3 is 10.3 Å². The molecule has 0 aliphatic carbocycles. The zero-order chi connectivity index (χ0) is 14.8. The molecule has 4 heteroatoms. The third-order valence-corrected chi connectivity index (χ3v) is 3.42. The van der Waals surface area contributed by atoms with E-state index in [0.717, 1.165) is 22.2 Å². The van der Waals surface area contributed by atoms with Crippen LogP contribution in [0.3, 0.4) is 0 Å². The molecule has 2 N–H and O–H groups in total. The van der Waals surface area contributed by atoms with Crippen LogP contribution in [0.5, 0.6) is 0 Å². The summed E-state index contributed by atoms with van der Waals surface area (Å²) in [5, 5.41) is 3.73. The molecule has 0 saturated heterocycles. The van der Waals surface area contributed by atoms with Crippen LogP contribution in [0, 0.1) is 12.7 Å². The molecule has 0 fully saturated rings. The number of hydrogen-bond donors (Lipinski definition) is 2. The first kappa shape index (κ1) is 13.4. The van der Waals surface area contributed by atoms with Gasteiger partial charge in [0, 0.05) is 22.8 Å². The maximum Gasteiger partial charge on any atom is 0.228 e. The summed E-state index contributed by atoms with van der Waals surface area (Å²) in [7, 11) is 0. The van der Waals surface area contributed by atoms with Crippen LogP contribution in [0.4, 0.5) is 10.1 Å². The normalized spacial score (nSPS) is 10.8. The largest absolute Gasteiger partial charge is 0.361 e. The second kappa shape index (κ2) is 5.40. The number of amides is 1. The van der Waals surface area contributed by atoms with Gasteiger partial charge in [-0.1, -0.05) is 17.7 Å². The summed E-state index contributed by atoms with van der Waals surface area (Å²) >= 11 is 0. The maximum absolute atomic E-state index is 13.1. The Hall–Kier alpha value is -2.62. The molecule has 106 valence electrons. The van der Waals surface area contributed by atoms with E-state index in [2.05, 4.69) is 10.3 Å². The van der Waals surface area contributed by atoms with Crippen molar-refractivity contribution in [2.24, 2.45) is 0 Å². The number of aromatic amines is 1. The Morgan fingerprint density at radius 3 is 2.71 bits per heavy atom. The first-order valence-electron chi connectivity index (χ1n) is 6.74. The van der Waals surface area contributed by atoms with Gasteiger partial charge in [-0.25, -0.2) is 4.39 Å². The lowest BCUT2D eigenvalue weighted by atomic mass is 10.1. The summed E-state index contributed by atoms with van der Waals surface area (Å²) in [6.45, 7) is 2.00. The molecule has 3 nitrogen and oxygen atoms in total. The number of hydrogen-bond acceptors (Lipinski definition) is 1. The second-order valence-corrected chi connectivity index (χ2v) is 5.09.